The largest absolute Gasteiger partial charge is 0.480 e. The number of aryl methyl sites for hydroxylation is 1. The van der Waals surface area contributed by atoms with Crippen LogP contribution in [0.2, 0.25) is 0 Å². The maximum atomic E-state index is 12.2. The molecule has 0 saturated heterocycles. The molecule has 0 bridgehead atoms. The minimum Gasteiger partial charge on any atom is -0.480 e. The maximum Gasteiger partial charge on any atom is 0.275 e. The molecule has 4 rings (SSSR count). The molecule has 0 N–H and O–H groups in total. The molecule has 0 spiro atoms. The van der Waals surface area contributed by atoms with Crippen LogP contribution in [0.5, 0.6) is 5.75 Å². The Bertz CT molecular complexity index is 996. The first-order chi connectivity index (χ1) is 11.7. The molecule has 3 aromatic rings. The predicted molar refractivity (Wildman–Crippen MR) is 87.4 cm³/mol. The number of hydrogen-bond donors (Lipinski definition) is 0. The van der Waals surface area contributed by atoms with Crippen molar-refractivity contribution in [2.75, 3.05) is 11.5 Å². The van der Waals surface area contributed by atoms with Gasteiger partial charge in [-0.2, -0.15) is 9.61 Å². The lowest BCUT2D eigenvalue weighted by Crippen LogP contribution is -2.39. The summed E-state index contributed by atoms with van der Waals surface area (Å²) in [5.74, 6) is 0.761. The number of carbonyl (C=O) groups excluding carboxylic acids is 1. The molecule has 24 heavy (non-hydrogen) atoms. The summed E-state index contributed by atoms with van der Waals surface area (Å²) in [6, 6.07) is 4.90. The molecular weight excluding hydrogens is 330 g/mol. The van der Waals surface area contributed by atoms with Gasteiger partial charge in [0.2, 0.25) is 4.96 Å². The standard InChI is InChI=1S/C15H13N5O3S/c1-2-11-18-20-12(21)6-9(17-15(20)24-11)7-19-13(22)8-23-10-4-3-5-16-14(10)19/h3-6H,2,7-8H2,1H3. The van der Waals surface area contributed by atoms with E-state index in [-0.39, 0.29) is 24.6 Å². The second kappa shape index (κ2) is 5.68. The molecule has 9 heteroatoms. The van der Waals surface area contributed by atoms with Crippen molar-refractivity contribution in [2.45, 2.75) is 19.9 Å². The molecule has 4 heterocycles. The third-order valence-corrected chi connectivity index (χ3v) is 4.67. The quantitative estimate of drug-likeness (QED) is 0.706. The van der Waals surface area contributed by atoms with Crippen LogP contribution in [-0.4, -0.2) is 32.1 Å². The number of rotatable bonds is 3. The van der Waals surface area contributed by atoms with Gasteiger partial charge in [-0.15, -0.1) is 0 Å². The molecule has 1 aliphatic rings. The van der Waals surface area contributed by atoms with Crippen molar-refractivity contribution in [3.63, 3.8) is 0 Å². The Labute approximate surface area is 140 Å². The molecular formula is C15H13N5O3S. The smallest absolute Gasteiger partial charge is 0.275 e. The fourth-order valence-corrected chi connectivity index (χ4v) is 3.34. The van der Waals surface area contributed by atoms with Crippen LogP contribution in [-0.2, 0) is 17.8 Å². The van der Waals surface area contributed by atoms with Crippen LogP contribution in [0.4, 0.5) is 5.82 Å². The van der Waals surface area contributed by atoms with Crippen molar-refractivity contribution in [1.29, 1.82) is 0 Å². The van der Waals surface area contributed by atoms with Gasteiger partial charge in [0, 0.05) is 12.3 Å². The van der Waals surface area contributed by atoms with Crippen LogP contribution in [0.15, 0.2) is 29.2 Å². The third-order valence-electron chi connectivity index (χ3n) is 3.62. The Morgan fingerprint density at radius 1 is 1.38 bits per heavy atom. The Kier molecular flexibility index (Phi) is 3.49. The van der Waals surface area contributed by atoms with Crippen molar-refractivity contribution >= 4 is 28.0 Å². The van der Waals surface area contributed by atoms with E-state index in [1.807, 2.05) is 6.92 Å². The van der Waals surface area contributed by atoms with Gasteiger partial charge in [-0.3, -0.25) is 14.5 Å². The summed E-state index contributed by atoms with van der Waals surface area (Å²) >= 11 is 1.37. The second-order valence-corrected chi connectivity index (χ2v) is 6.26. The van der Waals surface area contributed by atoms with E-state index < -0.39 is 0 Å². The van der Waals surface area contributed by atoms with Crippen molar-refractivity contribution in [3.05, 3.63) is 45.5 Å². The fraction of sp³-hybridized carbons (Fsp3) is 0.267. The summed E-state index contributed by atoms with van der Waals surface area (Å²) in [4.78, 5) is 35.1. The van der Waals surface area contributed by atoms with E-state index in [2.05, 4.69) is 15.1 Å². The number of ether oxygens (including phenoxy) is 1. The van der Waals surface area contributed by atoms with Crippen LogP contribution in [0.1, 0.15) is 17.6 Å². The second-order valence-electron chi connectivity index (χ2n) is 5.22. The van der Waals surface area contributed by atoms with Gasteiger partial charge < -0.3 is 4.74 Å². The van der Waals surface area contributed by atoms with Gasteiger partial charge in [0.15, 0.2) is 18.2 Å². The van der Waals surface area contributed by atoms with E-state index in [9.17, 15) is 9.59 Å². The molecule has 1 amide bonds. The molecule has 122 valence electrons. The number of anilines is 1. The lowest BCUT2D eigenvalue weighted by atomic mass is 10.3. The highest BCUT2D eigenvalue weighted by Gasteiger charge is 2.27. The van der Waals surface area contributed by atoms with Gasteiger partial charge in [-0.1, -0.05) is 18.3 Å². The molecule has 0 aliphatic carbocycles. The van der Waals surface area contributed by atoms with E-state index in [1.165, 1.54) is 26.8 Å². The topological polar surface area (TPSA) is 89.7 Å². The summed E-state index contributed by atoms with van der Waals surface area (Å²) in [5, 5.41) is 5.06. The summed E-state index contributed by atoms with van der Waals surface area (Å²) < 4.78 is 6.66. The number of aromatic nitrogens is 4. The average molecular weight is 343 g/mol. The first kappa shape index (κ1) is 14.8. The van der Waals surface area contributed by atoms with Gasteiger partial charge in [-0.05, 0) is 18.6 Å². The van der Waals surface area contributed by atoms with E-state index in [1.54, 1.807) is 18.3 Å². The van der Waals surface area contributed by atoms with Crippen molar-refractivity contribution in [3.8, 4) is 5.75 Å². The minimum atomic E-state index is -0.257. The SMILES string of the molecule is CCc1nn2c(=O)cc(CN3C(=O)COc4cccnc43)nc2s1. The van der Waals surface area contributed by atoms with E-state index in [4.69, 9.17) is 4.74 Å². The summed E-state index contributed by atoms with van der Waals surface area (Å²) in [7, 11) is 0. The molecule has 0 atom stereocenters. The first-order valence-corrected chi connectivity index (χ1v) is 8.24. The van der Waals surface area contributed by atoms with Gasteiger partial charge in [0.05, 0.1) is 12.2 Å². The van der Waals surface area contributed by atoms with E-state index in [0.717, 1.165) is 11.4 Å². The van der Waals surface area contributed by atoms with Crippen LogP contribution in [0, 0.1) is 0 Å². The molecule has 0 aromatic carbocycles. The predicted octanol–water partition coefficient (Wildman–Crippen LogP) is 1.03. The van der Waals surface area contributed by atoms with Gasteiger partial charge in [0.25, 0.3) is 11.5 Å². The Balaban J connectivity index is 1.74. The van der Waals surface area contributed by atoms with Crippen molar-refractivity contribution in [2.24, 2.45) is 0 Å². The number of hydrogen-bond acceptors (Lipinski definition) is 7. The average Bonchev–Trinajstić information content (AvgIpc) is 3.01. The molecule has 1 aliphatic heterocycles. The van der Waals surface area contributed by atoms with Crippen molar-refractivity contribution in [1.82, 2.24) is 19.6 Å². The zero-order valence-corrected chi connectivity index (χ0v) is 13.6. The summed E-state index contributed by atoms with van der Waals surface area (Å²) in [6.45, 7) is 2.08. The zero-order chi connectivity index (χ0) is 16.7. The molecule has 0 unspecified atom stereocenters. The normalized spacial score (nSPS) is 13.9. The van der Waals surface area contributed by atoms with Crippen LogP contribution in [0.3, 0.4) is 0 Å². The number of amides is 1. The Hall–Kier alpha value is -2.81. The van der Waals surface area contributed by atoms with E-state index in [0.29, 0.717) is 22.2 Å². The van der Waals surface area contributed by atoms with Gasteiger partial charge in [0.1, 0.15) is 5.01 Å². The van der Waals surface area contributed by atoms with Crippen molar-refractivity contribution < 1.29 is 9.53 Å². The molecule has 3 aromatic heterocycles. The highest BCUT2D eigenvalue weighted by atomic mass is 32.1. The monoisotopic (exact) mass is 343 g/mol. The van der Waals surface area contributed by atoms with Crippen LogP contribution < -0.4 is 15.2 Å². The number of carbonyl (C=O) groups is 1. The highest BCUT2D eigenvalue weighted by molar-refractivity contribution is 7.16. The molecule has 0 saturated carbocycles. The highest BCUT2D eigenvalue weighted by Crippen LogP contribution is 2.29. The summed E-state index contributed by atoms with van der Waals surface area (Å²) in [5.41, 5.74) is 0.242. The molecule has 0 fully saturated rings. The number of fused-ring (bicyclic) bond motifs is 2. The minimum absolute atomic E-state index is 0.0551. The number of nitrogens with zero attached hydrogens (tertiary/aromatic N) is 5. The summed E-state index contributed by atoms with van der Waals surface area (Å²) in [6.07, 6.45) is 2.33. The lowest BCUT2D eigenvalue weighted by molar-refractivity contribution is -0.121. The zero-order valence-electron chi connectivity index (χ0n) is 12.8. The molecule has 0 radical (unpaired) electrons. The Morgan fingerprint density at radius 3 is 3.08 bits per heavy atom. The van der Waals surface area contributed by atoms with Crippen LogP contribution in [0.25, 0.3) is 4.96 Å². The van der Waals surface area contributed by atoms with Gasteiger partial charge >= 0.3 is 0 Å². The van der Waals surface area contributed by atoms with Crippen LogP contribution >= 0.6 is 11.3 Å². The lowest BCUT2D eigenvalue weighted by Gasteiger charge is -2.27. The van der Waals surface area contributed by atoms with E-state index >= 15 is 0 Å². The molecule has 8 nitrogen and oxygen atoms in total. The Morgan fingerprint density at radius 2 is 2.25 bits per heavy atom. The number of pyridine rings is 1. The first-order valence-electron chi connectivity index (χ1n) is 7.42. The fourth-order valence-electron chi connectivity index (χ4n) is 2.48. The maximum absolute atomic E-state index is 12.2. The van der Waals surface area contributed by atoms with Gasteiger partial charge in [-0.25, -0.2) is 9.97 Å². The third kappa shape index (κ3) is 2.42.